The third-order valence-electron chi connectivity index (χ3n) is 3.11. The number of allylic oxidation sites excluding steroid dienone is 2. The average molecular weight is 265 g/mol. The summed E-state index contributed by atoms with van der Waals surface area (Å²) in [5.74, 6) is 1.11. The van der Waals surface area contributed by atoms with E-state index in [2.05, 4.69) is 6.58 Å². The van der Waals surface area contributed by atoms with Crippen molar-refractivity contribution in [3.63, 3.8) is 0 Å². The van der Waals surface area contributed by atoms with Crippen LogP contribution in [0, 0.1) is 10.1 Å². The molecule has 0 spiro atoms. The van der Waals surface area contributed by atoms with Crippen LogP contribution in [-0.4, -0.2) is 4.92 Å². The van der Waals surface area contributed by atoms with Crippen molar-refractivity contribution >= 4 is 17.0 Å². The molecular formula is C16H11NO3. The second-order valence-corrected chi connectivity index (χ2v) is 4.44. The lowest BCUT2D eigenvalue weighted by molar-refractivity contribution is -0.384. The number of hydrogen-bond acceptors (Lipinski definition) is 3. The fourth-order valence-electron chi connectivity index (χ4n) is 2.10. The molecule has 0 aliphatic carbocycles. The van der Waals surface area contributed by atoms with E-state index in [1.807, 2.05) is 36.4 Å². The third kappa shape index (κ3) is 2.07. The predicted octanol–water partition coefficient (Wildman–Crippen LogP) is 4.04. The van der Waals surface area contributed by atoms with Crippen LogP contribution in [0.3, 0.4) is 0 Å². The van der Waals surface area contributed by atoms with E-state index in [-0.39, 0.29) is 5.69 Å². The summed E-state index contributed by atoms with van der Waals surface area (Å²) < 4.78 is 5.78. The molecular weight excluding hydrogens is 254 g/mol. The first-order chi connectivity index (χ1) is 9.65. The van der Waals surface area contributed by atoms with Crippen molar-refractivity contribution in [1.82, 2.24) is 0 Å². The molecule has 1 aliphatic rings. The molecule has 2 aromatic carbocycles. The number of nitro benzene ring substituents is 1. The molecule has 4 nitrogen and oxygen atoms in total. The summed E-state index contributed by atoms with van der Waals surface area (Å²) in [6.45, 7) is 3.98. The van der Waals surface area contributed by atoms with Gasteiger partial charge in [0.25, 0.3) is 5.69 Å². The van der Waals surface area contributed by atoms with Crippen molar-refractivity contribution in [2.75, 3.05) is 0 Å². The van der Waals surface area contributed by atoms with Crippen LogP contribution in [0.15, 0.2) is 61.2 Å². The molecule has 0 N–H and O–H groups in total. The molecule has 0 amide bonds. The van der Waals surface area contributed by atoms with Crippen LogP contribution < -0.4 is 4.74 Å². The lowest BCUT2D eigenvalue weighted by Gasteiger charge is -2.19. The highest BCUT2D eigenvalue weighted by Gasteiger charge is 2.19. The Hall–Kier alpha value is -2.88. The molecule has 98 valence electrons. The molecule has 0 radical (unpaired) electrons. The number of nitrogens with zero attached hydrogens (tertiary/aromatic N) is 1. The van der Waals surface area contributed by atoms with Gasteiger partial charge in [0, 0.05) is 17.2 Å². The largest absolute Gasteiger partial charge is 0.456 e. The summed E-state index contributed by atoms with van der Waals surface area (Å²) in [7, 11) is 0. The maximum absolute atomic E-state index is 10.8. The average Bonchev–Trinajstić information content (AvgIpc) is 2.47. The van der Waals surface area contributed by atoms with Gasteiger partial charge in [-0.1, -0.05) is 36.9 Å². The van der Waals surface area contributed by atoms with Crippen LogP contribution in [-0.2, 0) is 0 Å². The van der Waals surface area contributed by atoms with Crippen LogP contribution in [0.25, 0.3) is 11.3 Å². The second kappa shape index (κ2) is 4.66. The van der Waals surface area contributed by atoms with Gasteiger partial charge in [0.2, 0.25) is 0 Å². The lowest BCUT2D eigenvalue weighted by Crippen LogP contribution is -2.03. The lowest BCUT2D eigenvalue weighted by atomic mass is 10.0. The molecule has 0 fully saturated rings. The zero-order valence-electron chi connectivity index (χ0n) is 10.6. The number of non-ortho nitro benzene ring substituents is 1. The van der Waals surface area contributed by atoms with E-state index in [9.17, 15) is 10.1 Å². The van der Waals surface area contributed by atoms with Crippen molar-refractivity contribution in [3.05, 3.63) is 82.4 Å². The van der Waals surface area contributed by atoms with Gasteiger partial charge in [-0.3, -0.25) is 10.1 Å². The van der Waals surface area contributed by atoms with E-state index in [0.29, 0.717) is 11.5 Å². The summed E-state index contributed by atoms with van der Waals surface area (Å²) in [6.07, 6.45) is 1.84. The molecule has 2 aromatic rings. The van der Waals surface area contributed by atoms with E-state index < -0.39 is 4.92 Å². The van der Waals surface area contributed by atoms with Gasteiger partial charge in [0.05, 0.1) is 11.0 Å². The molecule has 0 saturated carbocycles. The SMILES string of the molecule is C=C1C=C(c2ccccc2)Oc2cc([N+](=O)[O-])ccc21. The zero-order chi connectivity index (χ0) is 14.1. The first-order valence-corrected chi connectivity index (χ1v) is 6.08. The fourth-order valence-corrected chi connectivity index (χ4v) is 2.10. The molecule has 0 saturated heterocycles. The molecule has 4 heteroatoms. The first-order valence-electron chi connectivity index (χ1n) is 6.08. The standard InChI is InChI=1S/C16H11NO3/c1-11-9-15(12-5-3-2-4-6-12)20-16-10-13(17(18)19)7-8-14(11)16/h2-10H,1H2. The second-order valence-electron chi connectivity index (χ2n) is 4.44. The maximum Gasteiger partial charge on any atom is 0.273 e. The Morgan fingerprint density at radius 3 is 2.55 bits per heavy atom. The van der Waals surface area contributed by atoms with Crippen molar-refractivity contribution in [3.8, 4) is 5.75 Å². The molecule has 1 aliphatic heterocycles. The summed E-state index contributed by atoms with van der Waals surface area (Å²) in [5, 5.41) is 10.8. The van der Waals surface area contributed by atoms with Gasteiger partial charge in [0.15, 0.2) is 0 Å². The van der Waals surface area contributed by atoms with Crippen LogP contribution in [0.2, 0.25) is 0 Å². The fraction of sp³-hybridized carbons (Fsp3) is 0. The normalized spacial score (nSPS) is 13.2. The first kappa shape index (κ1) is 12.2. The van der Waals surface area contributed by atoms with Crippen LogP contribution in [0.4, 0.5) is 5.69 Å². The number of hydrogen-bond donors (Lipinski definition) is 0. The number of benzene rings is 2. The highest BCUT2D eigenvalue weighted by molar-refractivity contribution is 5.87. The minimum Gasteiger partial charge on any atom is -0.456 e. The van der Waals surface area contributed by atoms with Crippen LogP contribution in [0.5, 0.6) is 5.75 Å². The van der Waals surface area contributed by atoms with Gasteiger partial charge >= 0.3 is 0 Å². The van der Waals surface area contributed by atoms with Crippen molar-refractivity contribution in [1.29, 1.82) is 0 Å². The summed E-state index contributed by atoms with van der Waals surface area (Å²) in [6, 6.07) is 14.1. The Morgan fingerprint density at radius 1 is 1.10 bits per heavy atom. The van der Waals surface area contributed by atoms with Crippen molar-refractivity contribution in [2.24, 2.45) is 0 Å². The zero-order valence-corrected chi connectivity index (χ0v) is 10.6. The van der Waals surface area contributed by atoms with Gasteiger partial charge in [-0.2, -0.15) is 0 Å². The van der Waals surface area contributed by atoms with E-state index >= 15 is 0 Å². The number of nitro groups is 1. The minimum absolute atomic E-state index is 0.00543. The topological polar surface area (TPSA) is 52.4 Å². The van der Waals surface area contributed by atoms with Gasteiger partial charge < -0.3 is 4.74 Å². The smallest absolute Gasteiger partial charge is 0.273 e. The molecule has 0 aromatic heterocycles. The summed E-state index contributed by atoms with van der Waals surface area (Å²) >= 11 is 0. The third-order valence-corrected chi connectivity index (χ3v) is 3.11. The minimum atomic E-state index is -0.438. The summed E-state index contributed by atoms with van der Waals surface area (Å²) in [5.41, 5.74) is 2.46. The van der Waals surface area contributed by atoms with E-state index in [4.69, 9.17) is 4.74 Å². The number of fused-ring (bicyclic) bond motifs is 1. The van der Waals surface area contributed by atoms with Crippen LogP contribution >= 0.6 is 0 Å². The van der Waals surface area contributed by atoms with Crippen molar-refractivity contribution < 1.29 is 9.66 Å². The Morgan fingerprint density at radius 2 is 1.85 bits per heavy atom. The number of ether oxygens (including phenoxy) is 1. The van der Waals surface area contributed by atoms with Crippen molar-refractivity contribution in [2.45, 2.75) is 0 Å². The monoisotopic (exact) mass is 265 g/mol. The molecule has 0 bridgehead atoms. The Kier molecular flexibility index (Phi) is 2.84. The van der Waals surface area contributed by atoms with Crippen LogP contribution in [0.1, 0.15) is 11.1 Å². The predicted molar refractivity (Wildman–Crippen MR) is 77.2 cm³/mol. The molecule has 3 rings (SSSR count). The molecule has 0 unspecified atom stereocenters. The molecule has 1 heterocycles. The highest BCUT2D eigenvalue weighted by atomic mass is 16.6. The van der Waals surface area contributed by atoms with Gasteiger partial charge in [-0.25, -0.2) is 0 Å². The summed E-state index contributed by atoms with van der Waals surface area (Å²) in [4.78, 5) is 10.4. The van der Waals surface area contributed by atoms with Gasteiger partial charge in [-0.05, 0) is 17.7 Å². The Balaban J connectivity index is 2.04. The number of rotatable bonds is 2. The van der Waals surface area contributed by atoms with E-state index in [1.54, 1.807) is 6.07 Å². The van der Waals surface area contributed by atoms with Gasteiger partial charge in [0.1, 0.15) is 11.5 Å². The Labute approximate surface area is 115 Å². The molecule has 20 heavy (non-hydrogen) atoms. The quantitative estimate of drug-likeness (QED) is 0.608. The maximum atomic E-state index is 10.8. The van der Waals surface area contributed by atoms with E-state index in [1.165, 1.54) is 12.1 Å². The Bertz CT molecular complexity index is 733. The highest BCUT2D eigenvalue weighted by Crippen LogP contribution is 2.37. The molecule has 0 atom stereocenters. The van der Waals surface area contributed by atoms with Gasteiger partial charge in [-0.15, -0.1) is 0 Å². The van der Waals surface area contributed by atoms with E-state index in [0.717, 1.165) is 16.7 Å².